The molecule has 1 N–H and O–H groups in total. The van der Waals surface area contributed by atoms with E-state index in [1.54, 1.807) is 29.5 Å². The predicted octanol–water partition coefficient (Wildman–Crippen LogP) is 3.56. The van der Waals surface area contributed by atoms with Gasteiger partial charge in [-0.2, -0.15) is 5.26 Å². The number of nitrogens with zero attached hydrogens (tertiary/aromatic N) is 1. The maximum atomic E-state index is 11.8. The standard InChI is InChI=1S/C13H9BrN2OS/c14-11-6-9(8-15)3-4-12(11)16-13(17)7-10-2-1-5-18-10/h1-6H,7H2,(H,16,17). The molecule has 0 aliphatic heterocycles. The molecule has 0 saturated heterocycles. The summed E-state index contributed by atoms with van der Waals surface area (Å²) in [5, 5.41) is 13.5. The van der Waals surface area contributed by atoms with E-state index in [0.29, 0.717) is 22.1 Å². The molecule has 0 bridgehead atoms. The zero-order chi connectivity index (χ0) is 13.0. The summed E-state index contributed by atoms with van der Waals surface area (Å²) in [6.45, 7) is 0. The Morgan fingerprint density at radius 3 is 2.89 bits per heavy atom. The predicted molar refractivity (Wildman–Crippen MR) is 75.5 cm³/mol. The molecule has 1 aromatic carbocycles. The van der Waals surface area contributed by atoms with Crippen LogP contribution in [0, 0.1) is 11.3 Å². The Morgan fingerprint density at radius 2 is 2.28 bits per heavy atom. The normalized spacial score (nSPS) is 9.78. The number of halogens is 1. The van der Waals surface area contributed by atoms with Crippen molar-refractivity contribution in [1.82, 2.24) is 0 Å². The minimum Gasteiger partial charge on any atom is -0.325 e. The molecule has 0 saturated carbocycles. The summed E-state index contributed by atoms with van der Waals surface area (Å²) in [6.07, 6.45) is 0.365. The largest absolute Gasteiger partial charge is 0.325 e. The van der Waals surface area contributed by atoms with E-state index >= 15 is 0 Å². The second-order valence-electron chi connectivity index (χ2n) is 3.61. The van der Waals surface area contributed by atoms with E-state index in [9.17, 15) is 4.79 Å². The quantitative estimate of drug-likeness (QED) is 0.940. The van der Waals surface area contributed by atoms with Crippen LogP contribution in [0.5, 0.6) is 0 Å². The molecule has 0 aliphatic rings. The molecule has 0 atom stereocenters. The van der Waals surface area contributed by atoms with Gasteiger partial charge in [-0.15, -0.1) is 11.3 Å². The first-order chi connectivity index (χ1) is 8.69. The Hall–Kier alpha value is -1.64. The number of benzene rings is 1. The average molecular weight is 321 g/mol. The molecule has 0 aliphatic carbocycles. The highest BCUT2D eigenvalue weighted by molar-refractivity contribution is 9.10. The fourth-order valence-electron chi connectivity index (χ4n) is 1.45. The molecule has 1 amide bonds. The molecule has 90 valence electrons. The monoisotopic (exact) mass is 320 g/mol. The van der Waals surface area contributed by atoms with Gasteiger partial charge in [0.25, 0.3) is 0 Å². The number of hydrogen-bond acceptors (Lipinski definition) is 3. The van der Waals surface area contributed by atoms with E-state index in [1.165, 1.54) is 0 Å². The van der Waals surface area contributed by atoms with Crippen molar-refractivity contribution in [2.45, 2.75) is 6.42 Å². The van der Waals surface area contributed by atoms with Gasteiger partial charge in [0, 0.05) is 9.35 Å². The maximum absolute atomic E-state index is 11.8. The molecular weight excluding hydrogens is 312 g/mol. The van der Waals surface area contributed by atoms with Gasteiger partial charge in [0.15, 0.2) is 0 Å². The van der Waals surface area contributed by atoms with Crippen molar-refractivity contribution in [3.8, 4) is 6.07 Å². The van der Waals surface area contributed by atoms with Crippen LogP contribution in [0.1, 0.15) is 10.4 Å². The smallest absolute Gasteiger partial charge is 0.229 e. The lowest BCUT2D eigenvalue weighted by atomic mass is 10.2. The van der Waals surface area contributed by atoms with E-state index < -0.39 is 0 Å². The molecule has 2 rings (SSSR count). The van der Waals surface area contributed by atoms with Crippen LogP contribution in [0.25, 0.3) is 0 Å². The number of amides is 1. The van der Waals surface area contributed by atoms with Crippen LogP contribution in [0.2, 0.25) is 0 Å². The Balaban J connectivity index is 2.05. The van der Waals surface area contributed by atoms with Crippen molar-refractivity contribution in [3.05, 3.63) is 50.6 Å². The molecular formula is C13H9BrN2OS. The Morgan fingerprint density at radius 1 is 1.44 bits per heavy atom. The van der Waals surface area contributed by atoms with Crippen molar-refractivity contribution >= 4 is 38.9 Å². The summed E-state index contributed by atoms with van der Waals surface area (Å²) in [6, 6.07) is 11.0. The highest BCUT2D eigenvalue weighted by Crippen LogP contribution is 2.23. The molecule has 1 heterocycles. The number of rotatable bonds is 3. The van der Waals surface area contributed by atoms with Gasteiger partial charge >= 0.3 is 0 Å². The topological polar surface area (TPSA) is 52.9 Å². The van der Waals surface area contributed by atoms with E-state index in [2.05, 4.69) is 21.2 Å². The number of hydrogen-bond donors (Lipinski definition) is 1. The van der Waals surface area contributed by atoms with Gasteiger partial charge in [-0.1, -0.05) is 6.07 Å². The van der Waals surface area contributed by atoms with Gasteiger partial charge in [0.1, 0.15) is 0 Å². The molecule has 0 radical (unpaired) electrons. The van der Waals surface area contributed by atoms with Crippen LogP contribution < -0.4 is 5.32 Å². The summed E-state index contributed by atoms with van der Waals surface area (Å²) in [7, 11) is 0. The third-order valence-corrected chi connectivity index (χ3v) is 3.82. The van der Waals surface area contributed by atoms with Gasteiger partial charge in [-0.25, -0.2) is 0 Å². The molecule has 0 fully saturated rings. The first-order valence-electron chi connectivity index (χ1n) is 5.21. The van der Waals surface area contributed by atoms with E-state index in [-0.39, 0.29) is 5.91 Å². The highest BCUT2D eigenvalue weighted by Gasteiger charge is 2.07. The summed E-state index contributed by atoms with van der Waals surface area (Å²) in [5.74, 6) is -0.0668. The van der Waals surface area contributed by atoms with Gasteiger partial charge in [-0.3, -0.25) is 4.79 Å². The fourth-order valence-corrected chi connectivity index (χ4v) is 2.63. The lowest BCUT2D eigenvalue weighted by molar-refractivity contribution is -0.115. The molecule has 1 aromatic heterocycles. The van der Waals surface area contributed by atoms with E-state index in [4.69, 9.17) is 5.26 Å². The first-order valence-corrected chi connectivity index (χ1v) is 6.88. The molecule has 2 aromatic rings. The molecule has 0 spiro atoms. The van der Waals surface area contributed by atoms with Crippen LogP contribution in [0.4, 0.5) is 5.69 Å². The summed E-state index contributed by atoms with van der Waals surface area (Å²) in [5.41, 5.74) is 1.23. The van der Waals surface area contributed by atoms with Crippen LogP contribution in [0.3, 0.4) is 0 Å². The third kappa shape index (κ3) is 3.19. The zero-order valence-electron chi connectivity index (χ0n) is 9.31. The molecule has 5 heteroatoms. The summed E-state index contributed by atoms with van der Waals surface area (Å²) < 4.78 is 0.709. The Kier molecular flexibility index (Phi) is 4.13. The summed E-state index contributed by atoms with van der Waals surface area (Å²) in [4.78, 5) is 12.8. The van der Waals surface area contributed by atoms with Gasteiger partial charge in [0.05, 0.1) is 23.7 Å². The zero-order valence-corrected chi connectivity index (χ0v) is 11.7. The fraction of sp³-hybridized carbons (Fsp3) is 0.0769. The van der Waals surface area contributed by atoms with E-state index in [1.807, 2.05) is 23.6 Å². The van der Waals surface area contributed by atoms with Crippen molar-refractivity contribution < 1.29 is 4.79 Å². The second kappa shape index (κ2) is 5.80. The number of nitrogens with one attached hydrogen (secondary N) is 1. The third-order valence-electron chi connectivity index (χ3n) is 2.29. The number of carbonyl (C=O) groups excluding carboxylic acids is 1. The molecule has 3 nitrogen and oxygen atoms in total. The number of carbonyl (C=O) groups is 1. The number of thiophene rings is 1. The second-order valence-corrected chi connectivity index (χ2v) is 5.50. The van der Waals surface area contributed by atoms with Crippen LogP contribution in [0.15, 0.2) is 40.2 Å². The SMILES string of the molecule is N#Cc1ccc(NC(=O)Cc2cccs2)c(Br)c1. The number of nitriles is 1. The maximum Gasteiger partial charge on any atom is 0.229 e. The first kappa shape index (κ1) is 12.8. The van der Waals surface area contributed by atoms with Crippen molar-refractivity contribution in [2.75, 3.05) is 5.32 Å². The average Bonchev–Trinajstić information content (AvgIpc) is 2.84. The van der Waals surface area contributed by atoms with Crippen LogP contribution in [-0.4, -0.2) is 5.91 Å². The lowest BCUT2D eigenvalue weighted by Gasteiger charge is -2.06. The Bertz CT molecular complexity index is 602. The highest BCUT2D eigenvalue weighted by atomic mass is 79.9. The van der Waals surface area contributed by atoms with Gasteiger partial charge in [0.2, 0.25) is 5.91 Å². The van der Waals surface area contributed by atoms with Crippen molar-refractivity contribution in [2.24, 2.45) is 0 Å². The van der Waals surface area contributed by atoms with Crippen molar-refractivity contribution in [3.63, 3.8) is 0 Å². The van der Waals surface area contributed by atoms with Gasteiger partial charge in [-0.05, 0) is 45.6 Å². The summed E-state index contributed by atoms with van der Waals surface area (Å²) >= 11 is 4.89. The minimum atomic E-state index is -0.0668. The van der Waals surface area contributed by atoms with Crippen LogP contribution >= 0.6 is 27.3 Å². The molecule has 0 unspecified atom stereocenters. The van der Waals surface area contributed by atoms with E-state index in [0.717, 1.165) is 4.88 Å². The van der Waals surface area contributed by atoms with Gasteiger partial charge < -0.3 is 5.32 Å². The number of anilines is 1. The van der Waals surface area contributed by atoms with Crippen LogP contribution in [-0.2, 0) is 11.2 Å². The molecule has 18 heavy (non-hydrogen) atoms. The Labute approximate surface area is 117 Å². The minimum absolute atomic E-state index is 0.0668. The van der Waals surface area contributed by atoms with Crippen molar-refractivity contribution in [1.29, 1.82) is 5.26 Å². The lowest BCUT2D eigenvalue weighted by Crippen LogP contribution is -2.14.